The van der Waals surface area contributed by atoms with Crippen LogP contribution < -0.4 is 10.1 Å². The van der Waals surface area contributed by atoms with Crippen molar-refractivity contribution in [2.75, 3.05) is 13.2 Å². The van der Waals surface area contributed by atoms with Crippen molar-refractivity contribution in [2.24, 2.45) is 0 Å². The molecule has 6 heteroatoms. The number of carbonyl (C=O) groups excluding carboxylic acids is 2. The largest absolute Gasteiger partial charge is 0.484 e. The van der Waals surface area contributed by atoms with Crippen LogP contribution in [0.1, 0.15) is 44.6 Å². The Kier molecular flexibility index (Phi) is 8.77. The maximum atomic E-state index is 13.0. The second kappa shape index (κ2) is 11.8. The minimum atomic E-state index is -0.568. The van der Waals surface area contributed by atoms with Crippen LogP contribution in [-0.2, 0) is 16.0 Å². The minimum Gasteiger partial charge on any atom is -0.484 e. The number of halogens is 1. The van der Waals surface area contributed by atoms with E-state index < -0.39 is 6.04 Å². The molecule has 1 N–H and O–H groups in total. The van der Waals surface area contributed by atoms with Crippen LogP contribution in [0.3, 0.4) is 0 Å². The SMILES string of the molecule is C[C@H](C(=O)NC1CCCCC1)N(CCc1ccccc1)C(=O)COc1cccc(Cl)c1. The van der Waals surface area contributed by atoms with Crippen molar-refractivity contribution in [3.63, 3.8) is 0 Å². The predicted octanol–water partition coefficient (Wildman–Crippen LogP) is 4.63. The summed E-state index contributed by atoms with van der Waals surface area (Å²) >= 11 is 6.00. The number of nitrogens with zero attached hydrogens (tertiary/aromatic N) is 1. The summed E-state index contributed by atoms with van der Waals surface area (Å²) in [5.41, 5.74) is 1.12. The first-order valence-electron chi connectivity index (χ1n) is 11.0. The van der Waals surface area contributed by atoms with Crippen LogP contribution in [0.5, 0.6) is 5.75 Å². The van der Waals surface area contributed by atoms with Gasteiger partial charge in [0, 0.05) is 17.6 Å². The summed E-state index contributed by atoms with van der Waals surface area (Å²) in [4.78, 5) is 27.6. The molecule has 1 aliphatic rings. The molecule has 1 saturated carbocycles. The fourth-order valence-corrected chi connectivity index (χ4v) is 4.10. The summed E-state index contributed by atoms with van der Waals surface area (Å²) < 4.78 is 5.65. The van der Waals surface area contributed by atoms with Crippen molar-refractivity contribution in [3.8, 4) is 5.75 Å². The molecule has 2 aromatic rings. The van der Waals surface area contributed by atoms with Crippen LogP contribution >= 0.6 is 11.6 Å². The summed E-state index contributed by atoms with van der Waals surface area (Å²) in [6.45, 7) is 2.09. The van der Waals surface area contributed by atoms with Crippen molar-refractivity contribution >= 4 is 23.4 Å². The quantitative estimate of drug-likeness (QED) is 0.616. The highest BCUT2D eigenvalue weighted by Crippen LogP contribution is 2.19. The van der Waals surface area contributed by atoms with Gasteiger partial charge in [-0.3, -0.25) is 9.59 Å². The third kappa shape index (κ3) is 7.28. The number of hydrogen-bond acceptors (Lipinski definition) is 3. The number of amides is 2. The van der Waals surface area contributed by atoms with E-state index in [-0.39, 0.29) is 24.5 Å². The van der Waals surface area contributed by atoms with Gasteiger partial charge in [-0.1, -0.05) is 67.3 Å². The molecule has 1 aliphatic carbocycles. The molecule has 2 aromatic carbocycles. The lowest BCUT2D eigenvalue weighted by Gasteiger charge is -2.31. The number of ether oxygens (including phenoxy) is 1. The third-order valence-electron chi connectivity index (χ3n) is 5.76. The van der Waals surface area contributed by atoms with E-state index in [2.05, 4.69) is 5.32 Å². The molecular formula is C25H31ClN2O3. The molecule has 166 valence electrons. The minimum absolute atomic E-state index is 0.101. The zero-order valence-electron chi connectivity index (χ0n) is 18.1. The smallest absolute Gasteiger partial charge is 0.261 e. The van der Waals surface area contributed by atoms with Gasteiger partial charge in [0.15, 0.2) is 6.61 Å². The summed E-state index contributed by atoms with van der Waals surface area (Å²) in [5, 5.41) is 3.69. The van der Waals surface area contributed by atoms with Crippen LogP contribution in [0, 0.1) is 0 Å². The molecule has 0 aromatic heterocycles. The summed E-state index contributed by atoms with van der Waals surface area (Å²) in [5.74, 6) is 0.210. The number of carbonyl (C=O) groups is 2. The zero-order chi connectivity index (χ0) is 22.1. The fourth-order valence-electron chi connectivity index (χ4n) is 3.92. The van der Waals surface area contributed by atoms with Gasteiger partial charge < -0.3 is 15.0 Å². The second-order valence-electron chi connectivity index (χ2n) is 8.09. The Morgan fingerprint density at radius 1 is 1.10 bits per heavy atom. The Morgan fingerprint density at radius 3 is 2.55 bits per heavy atom. The molecule has 0 aliphatic heterocycles. The third-order valence-corrected chi connectivity index (χ3v) is 6.00. The highest BCUT2D eigenvalue weighted by Gasteiger charge is 2.28. The van der Waals surface area contributed by atoms with Gasteiger partial charge in [0.2, 0.25) is 5.91 Å². The molecule has 0 radical (unpaired) electrons. The number of nitrogens with one attached hydrogen (secondary N) is 1. The first-order valence-corrected chi connectivity index (χ1v) is 11.4. The van der Waals surface area contributed by atoms with Crippen molar-refractivity contribution in [1.82, 2.24) is 10.2 Å². The van der Waals surface area contributed by atoms with E-state index in [1.54, 1.807) is 36.1 Å². The average molecular weight is 443 g/mol. The van der Waals surface area contributed by atoms with Gasteiger partial charge in [0.25, 0.3) is 5.91 Å². The second-order valence-corrected chi connectivity index (χ2v) is 8.52. The van der Waals surface area contributed by atoms with Crippen LogP contribution in [0.25, 0.3) is 0 Å². The molecule has 1 fully saturated rings. The van der Waals surface area contributed by atoms with E-state index in [0.717, 1.165) is 31.2 Å². The Bertz CT molecular complexity index is 853. The van der Waals surface area contributed by atoms with E-state index in [0.29, 0.717) is 23.7 Å². The lowest BCUT2D eigenvalue weighted by atomic mass is 9.95. The van der Waals surface area contributed by atoms with Crippen LogP contribution in [0.2, 0.25) is 5.02 Å². The lowest BCUT2D eigenvalue weighted by Crippen LogP contribution is -2.52. The van der Waals surface area contributed by atoms with Crippen LogP contribution in [0.15, 0.2) is 54.6 Å². The van der Waals surface area contributed by atoms with Crippen molar-refractivity contribution in [2.45, 2.75) is 57.5 Å². The molecule has 5 nitrogen and oxygen atoms in total. The molecule has 31 heavy (non-hydrogen) atoms. The maximum absolute atomic E-state index is 13.0. The molecule has 0 bridgehead atoms. The van der Waals surface area contributed by atoms with Crippen LogP contribution in [0.4, 0.5) is 0 Å². The van der Waals surface area contributed by atoms with E-state index in [9.17, 15) is 9.59 Å². The maximum Gasteiger partial charge on any atom is 0.261 e. The van der Waals surface area contributed by atoms with Gasteiger partial charge in [-0.15, -0.1) is 0 Å². The monoisotopic (exact) mass is 442 g/mol. The zero-order valence-corrected chi connectivity index (χ0v) is 18.8. The summed E-state index contributed by atoms with van der Waals surface area (Å²) in [6.07, 6.45) is 6.20. The first kappa shape index (κ1) is 23.1. The first-order chi connectivity index (χ1) is 15.0. The molecule has 0 saturated heterocycles. The van der Waals surface area contributed by atoms with E-state index in [1.165, 1.54) is 6.42 Å². The standard InChI is InChI=1S/C25H31ClN2O3/c1-19(25(30)27-22-12-6-3-7-13-22)28(16-15-20-9-4-2-5-10-20)24(29)18-31-23-14-8-11-21(26)17-23/h2,4-5,8-11,14,17,19,22H,3,6-7,12-13,15-16,18H2,1H3,(H,27,30)/t19-/m1/s1. The number of hydrogen-bond donors (Lipinski definition) is 1. The van der Waals surface area contributed by atoms with Gasteiger partial charge in [0.1, 0.15) is 11.8 Å². The van der Waals surface area contributed by atoms with Crippen molar-refractivity contribution in [1.29, 1.82) is 0 Å². The molecule has 1 atom stereocenters. The van der Waals surface area contributed by atoms with E-state index in [1.807, 2.05) is 30.3 Å². The van der Waals surface area contributed by atoms with Gasteiger partial charge in [-0.25, -0.2) is 0 Å². The van der Waals surface area contributed by atoms with Crippen molar-refractivity contribution in [3.05, 3.63) is 65.2 Å². The fraction of sp³-hybridized carbons (Fsp3) is 0.440. The number of benzene rings is 2. The number of rotatable bonds is 9. The normalized spacial score (nSPS) is 15.2. The van der Waals surface area contributed by atoms with Gasteiger partial charge in [0.05, 0.1) is 0 Å². The average Bonchev–Trinajstić information content (AvgIpc) is 2.79. The summed E-state index contributed by atoms with van der Waals surface area (Å²) in [6, 6.07) is 16.6. The molecule has 0 spiro atoms. The summed E-state index contributed by atoms with van der Waals surface area (Å²) in [7, 11) is 0. The molecule has 0 heterocycles. The highest BCUT2D eigenvalue weighted by molar-refractivity contribution is 6.30. The van der Waals surface area contributed by atoms with Crippen LogP contribution in [-0.4, -0.2) is 41.9 Å². The van der Waals surface area contributed by atoms with Crippen molar-refractivity contribution < 1.29 is 14.3 Å². The topological polar surface area (TPSA) is 58.6 Å². The molecular weight excluding hydrogens is 412 g/mol. The van der Waals surface area contributed by atoms with E-state index >= 15 is 0 Å². The van der Waals surface area contributed by atoms with E-state index in [4.69, 9.17) is 16.3 Å². The predicted molar refractivity (Wildman–Crippen MR) is 123 cm³/mol. The van der Waals surface area contributed by atoms with Gasteiger partial charge in [-0.2, -0.15) is 0 Å². The molecule has 3 rings (SSSR count). The molecule has 0 unspecified atom stereocenters. The Morgan fingerprint density at radius 2 is 1.84 bits per heavy atom. The molecule has 2 amide bonds. The lowest BCUT2D eigenvalue weighted by molar-refractivity contribution is -0.141. The highest BCUT2D eigenvalue weighted by atomic mass is 35.5. The Hall–Kier alpha value is -2.53. The Labute approximate surface area is 189 Å². The van der Waals surface area contributed by atoms with Gasteiger partial charge >= 0.3 is 0 Å². The Balaban J connectivity index is 1.64. The van der Waals surface area contributed by atoms with Gasteiger partial charge in [-0.05, 0) is 49.9 Å².